The van der Waals surface area contributed by atoms with Crippen molar-refractivity contribution in [3.05, 3.63) is 29.6 Å². The Morgan fingerprint density at radius 1 is 1.35 bits per heavy atom. The number of hydrogen-bond donors (Lipinski definition) is 2. The zero-order chi connectivity index (χ0) is 12.3. The average Bonchev–Trinajstić information content (AvgIpc) is 2.30. The number of nitriles is 1. The average molecular weight is 235 g/mol. The van der Waals surface area contributed by atoms with Crippen molar-refractivity contribution in [2.24, 2.45) is 0 Å². The van der Waals surface area contributed by atoms with Crippen LogP contribution in [-0.4, -0.2) is 36.2 Å². The zero-order valence-corrected chi connectivity index (χ0v) is 9.36. The van der Waals surface area contributed by atoms with E-state index < -0.39 is 11.9 Å². The number of halogens is 1. The summed E-state index contributed by atoms with van der Waals surface area (Å²) in [4.78, 5) is 1.98. The lowest BCUT2D eigenvalue weighted by Gasteiger charge is -2.31. The van der Waals surface area contributed by atoms with Gasteiger partial charge >= 0.3 is 0 Å². The first-order valence-electron chi connectivity index (χ1n) is 5.54. The predicted octanol–water partition coefficient (Wildman–Crippen LogP) is 1.00. The second-order valence-electron chi connectivity index (χ2n) is 4.06. The third-order valence-electron chi connectivity index (χ3n) is 2.86. The van der Waals surface area contributed by atoms with Gasteiger partial charge in [0, 0.05) is 32.2 Å². The Morgan fingerprint density at radius 3 is 2.65 bits per heavy atom. The van der Waals surface area contributed by atoms with E-state index in [0.29, 0.717) is 5.56 Å². The van der Waals surface area contributed by atoms with E-state index in [4.69, 9.17) is 0 Å². The van der Waals surface area contributed by atoms with E-state index in [1.54, 1.807) is 0 Å². The number of benzene rings is 1. The molecule has 0 aromatic heterocycles. The Labute approximate surface area is 99.3 Å². The summed E-state index contributed by atoms with van der Waals surface area (Å²) < 4.78 is 13.2. The maximum atomic E-state index is 13.2. The van der Waals surface area contributed by atoms with E-state index in [-0.39, 0.29) is 5.75 Å². The number of nitrogens with one attached hydrogen (secondary N) is 1. The largest absolute Gasteiger partial charge is 0.508 e. The summed E-state index contributed by atoms with van der Waals surface area (Å²) >= 11 is 0. The van der Waals surface area contributed by atoms with Gasteiger partial charge in [-0.25, -0.2) is 4.39 Å². The fourth-order valence-electron chi connectivity index (χ4n) is 2.06. The maximum absolute atomic E-state index is 13.2. The van der Waals surface area contributed by atoms with Crippen LogP contribution in [0.4, 0.5) is 4.39 Å². The fourth-order valence-corrected chi connectivity index (χ4v) is 2.06. The molecule has 1 aliphatic heterocycles. The Bertz CT molecular complexity index is 418. The lowest BCUT2D eigenvalue weighted by Crippen LogP contribution is -2.44. The smallest absolute Gasteiger partial charge is 0.127 e. The van der Waals surface area contributed by atoms with Gasteiger partial charge in [-0.15, -0.1) is 0 Å². The van der Waals surface area contributed by atoms with Crippen molar-refractivity contribution in [2.45, 2.75) is 6.04 Å². The van der Waals surface area contributed by atoms with Crippen molar-refractivity contribution < 1.29 is 9.50 Å². The molecule has 90 valence electrons. The van der Waals surface area contributed by atoms with Gasteiger partial charge in [-0.2, -0.15) is 5.26 Å². The van der Waals surface area contributed by atoms with Crippen LogP contribution >= 0.6 is 0 Å². The highest BCUT2D eigenvalue weighted by molar-refractivity contribution is 5.33. The van der Waals surface area contributed by atoms with Gasteiger partial charge in [-0.05, 0) is 17.7 Å². The van der Waals surface area contributed by atoms with Crippen molar-refractivity contribution in [3.63, 3.8) is 0 Å². The molecule has 1 atom stereocenters. The molecule has 2 rings (SSSR count). The molecular weight excluding hydrogens is 221 g/mol. The Hall–Kier alpha value is -1.64. The number of hydrogen-bond acceptors (Lipinski definition) is 4. The maximum Gasteiger partial charge on any atom is 0.127 e. The number of nitrogens with zero attached hydrogens (tertiary/aromatic N) is 2. The molecule has 0 aliphatic carbocycles. The third kappa shape index (κ3) is 2.73. The highest BCUT2D eigenvalue weighted by atomic mass is 19.1. The van der Waals surface area contributed by atoms with Crippen molar-refractivity contribution >= 4 is 0 Å². The zero-order valence-electron chi connectivity index (χ0n) is 9.36. The lowest BCUT2D eigenvalue weighted by atomic mass is 10.1. The molecule has 0 saturated carbocycles. The van der Waals surface area contributed by atoms with Gasteiger partial charge < -0.3 is 10.4 Å². The first-order chi connectivity index (χ1) is 8.20. The first kappa shape index (κ1) is 11.8. The molecule has 1 heterocycles. The molecule has 1 saturated heterocycles. The van der Waals surface area contributed by atoms with Crippen LogP contribution in [0.1, 0.15) is 11.6 Å². The molecule has 2 N–H and O–H groups in total. The van der Waals surface area contributed by atoms with E-state index in [1.807, 2.05) is 4.90 Å². The number of aromatic hydroxyl groups is 1. The molecule has 0 amide bonds. The second kappa shape index (κ2) is 5.13. The minimum atomic E-state index is -0.518. The molecule has 5 heteroatoms. The van der Waals surface area contributed by atoms with Crippen LogP contribution in [0, 0.1) is 17.1 Å². The van der Waals surface area contributed by atoms with Crippen molar-refractivity contribution in [2.75, 3.05) is 26.2 Å². The summed E-state index contributed by atoms with van der Waals surface area (Å²) in [6, 6.07) is 5.44. The molecule has 0 spiro atoms. The van der Waals surface area contributed by atoms with Crippen molar-refractivity contribution in [3.8, 4) is 11.8 Å². The van der Waals surface area contributed by atoms with Crippen molar-refractivity contribution in [1.82, 2.24) is 10.2 Å². The highest BCUT2D eigenvalue weighted by Crippen LogP contribution is 2.24. The number of phenols is 1. The Balaban J connectivity index is 2.25. The van der Waals surface area contributed by atoms with Gasteiger partial charge in [0.2, 0.25) is 0 Å². The summed E-state index contributed by atoms with van der Waals surface area (Å²) in [5, 5.41) is 21.7. The van der Waals surface area contributed by atoms with E-state index in [2.05, 4.69) is 11.4 Å². The quantitative estimate of drug-likeness (QED) is 0.803. The Morgan fingerprint density at radius 2 is 2.06 bits per heavy atom. The van der Waals surface area contributed by atoms with Gasteiger partial charge in [0.05, 0.1) is 6.07 Å². The Kier molecular flexibility index (Phi) is 3.57. The monoisotopic (exact) mass is 235 g/mol. The molecule has 1 aromatic rings. The third-order valence-corrected chi connectivity index (χ3v) is 2.86. The second-order valence-corrected chi connectivity index (χ2v) is 4.06. The number of phenolic OH excluding ortho intramolecular Hbond substituents is 1. The molecule has 17 heavy (non-hydrogen) atoms. The van der Waals surface area contributed by atoms with E-state index in [9.17, 15) is 14.8 Å². The topological polar surface area (TPSA) is 59.3 Å². The van der Waals surface area contributed by atoms with Crippen LogP contribution in [-0.2, 0) is 0 Å². The summed E-state index contributed by atoms with van der Waals surface area (Å²) in [6.45, 7) is 3.13. The first-order valence-corrected chi connectivity index (χ1v) is 5.54. The molecule has 1 unspecified atom stereocenters. The van der Waals surface area contributed by atoms with E-state index >= 15 is 0 Å². The normalized spacial score (nSPS) is 18.6. The molecular formula is C12H14FN3O. The minimum absolute atomic E-state index is 0.143. The molecule has 0 radical (unpaired) electrons. The summed E-state index contributed by atoms with van der Waals surface area (Å²) in [5.74, 6) is -0.661. The number of rotatable bonds is 2. The van der Waals surface area contributed by atoms with E-state index in [0.717, 1.165) is 32.2 Å². The van der Waals surface area contributed by atoms with Crippen LogP contribution in [0.5, 0.6) is 5.75 Å². The summed E-state index contributed by atoms with van der Waals surface area (Å²) in [7, 11) is 0. The molecule has 1 fully saturated rings. The molecule has 1 aromatic carbocycles. The standard InChI is InChI=1S/C12H14FN3O/c13-10-5-9(6-11(17)7-10)12(8-14)16-3-1-15-2-4-16/h5-7,12,15,17H,1-4H2. The molecule has 1 aliphatic rings. The van der Waals surface area contributed by atoms with Crippen LogP contribution in [0.15, 0.2) is 18.2 Å². The van der Waals surface area contributed by atoms with Crippen molar-refractivity contribution in [1.29, 1.82) is 5.26 Å². The van der Waals surface area contributed by atoms with Crippen LogP contribution in [0.3, 0.4) is 0 Å². The minimum Gasteiger partial charge on any atom is -0.508 e. The van der Waals surface area contributed by atoms with Gasteiger partial charge in [-0.3, -0.25) is 4.90 Å². The van der Waals surface area contributed by atoms with Gasteiger partial charge in [0.1, 0.15) is 17.6 Å². The van der Waals surface area contributed by atoms with Gasteiger partial charge in [0.15, 0.2) is 0 Å². The van der Waals surface area contributed by atoms with E-state index in [1.165, 1.54) is 12.1 Å². The molecule has 0 bridgehead atoms. The van der Waals surface area contributed by atoms with Crippen LogP contribution in [0.25, 0.3) is 0 Å². The van der Waals surface area contributed by atoms with Gasteiger partial charge in [-0.1, -0.05) is 0 Å². The lowest BCUT2D eigenvalue weighted by molar-refractivity contribution is 0.207. The highest BCUT2D eigenvalue weighted by Gasteiger charge is 2.22. The summed E-state index contributed by atoms with van der Waals surface area (Å²) in [5.41, 5.74) is 0.506. The summed E-state index contributed by atoms with van der Waals surface area (Å²) in [6.07, 6.45) is 0. The predicted molar refractivity (Wildman–Crippen MR) is 60.9 cm³/mol. The van der Waals surface area contributed by atoms with Crippen LogP contribution in [0.2, 0.25) is 0 Å². The SMILES string of the molecule is N#CC(c1cc(O)cc(F)c1)N1CCNCC1. The fraction of sp³-hybridized carbons (Fsp3) is 0.417. The molecule has 4 nitrogen and oxygen atoms in total. The number of piperazine rings is 1. The van der Waals surface area contributed by atoms with Crippen LogP contribution < -0.4 is 5.32 Å². The van der Waals surface area contributed by atoms with Gasteiger partial charge in [0.25, 0.3) is 0 Å².